The number of amides is 3. The monoisotopic (exact) mass is 323 g/mol. The van der Waals surface area contributed by atoms with Gasteiger partial charge in [0, 0.05) is 5.69 Å². The van der Waals surface area contributed by atoms with Gasteiger partial charge in [-0.25, -0.2) is 4.79 Å². The third-order valence-electron chi connectivity index (χ3n) is 2.27. The molecule has 2 aromatic rings. The van der Waals surface area contributed by atoms with Gasteiger partial charge in [-0.15, -0.1) is 10.2 Å². The molecule has 21 heavy (non-hydrogen) atoms. The van der Waals surface area contributed by atoms with Gasteiger partial charge in [0.05, 0.1) is 5.75 Å². The first kappa shape index (κ1) is 15.3. The lowest BCUT2D eigenvalue weighted by atomic mass is 10.2. The van der Waals surface area contributed by atoms with Crippen molar-refractivity contribution in [2.75, 3.05) is 16.4 Å². The fraction of sp³-hybridized carbons (Fsp3) is 0.167. The molecule has 0 atom stereocenters. The fourth-order valence-electron chi connectivity index (χ4n) is 1.35. The van der Waals surface area contributed by atoms with Crippen LogP contribution in [0.3, 0.4) is 0 Å². The highest BCUT2D eigenvalue weighted by molar-refractivity contribution is 8.01. The summed E-state index contributed by atoms with van der Waals surface area (Å²) >= 11 is 2.36. The van der Waals surface area contributed by atoms with Crippen molar-refractivity contribution in [1.82, 2.24) is 10.2 Å². The van der Waals surface area contributed by atoms with Crippen LogP contribution in [0.4, 0.5) is 15.6 Å². The number of aromatic nitrogens is 2. The van der Waals surface area contributed by atoms with E-state index < -0.39 is 11.9 Å². The van der Waals surface area contributed by atoms with Gasteiger partial charge < -0.3 is 11.1 Å². The quantitative estimate of drug-likeness (QED) is 0.576. The molecule has 2 rings (SSSR count). The lowest BCUT2D eigenvalue weighted by Gasteiger charge is -2.04. The molecule has 0 radical (unpaired) electrons. The molecule has 7 nitrogen and oxygen atoms in total. The topological polar surface area (TPSA) is 110 Å². The molecule has 1 heterocycles. The highest BCUT2D eigenvalue weighted by Crippen LogP contribution is 2.25. The first-order chi connectivity index (χ1) is 10.0. The Bertz CT molecular complexity index is 641. The second kappa shape index (κ2) is 7.04. The molecule has 1 aromatic heterocycles. The number of hydrogen-bond acceptors (Lipinski definition) is 6. The van der Waals surface area contributed by atoms with Crippen LogP contribution in [0.5, 0.6) is 0 Å². The van der Waals surface area contributed by atoms with Gasteiger partial charge in [-0.05, 0) is 19.1 Å². The molecule has 0 aliphatic rings. The molecule has 0 saturated carbocycles. The Morgan fingerprint density at radius 2 is 1.95 bits per heavy atom. The van der Waals surface area contributed by atoms with Gasteiger partial charge in [-0.2, -0.15) is 0 Å². The normalized spacial score (nSPS) is 10.1. The maximum absolute atomic E-state index is 11.8. The molecule has 0 aliphatic heterocycles. The Kier molecular flexibility index (Phi) is 5.12. The number of carbonyl (C=O) groups is 2. The van der Waals surface area contributed by atoms with E-state index in [4.69, 9.17) is 5.73 Å². The maximum atomic E-state index is 11.8. The SMILES string of the molecule is Cc1ccc(NC(=O)Nc2nnc(SCC(N)=O)s2)cc1. The molecule has 3 amide bonds. The molecule has 0 saturated heterocycles. The van der Waals surface area contributed by atoms with Crippen LogP contribution in [-0.2, 0) is 4.79 Å². The fourth-order valence-corrected chi connectivity index (χ4v) is 2.83. The number of primary amides is 1. The summed E-state index contributed by atoms with van der Waals surface area (Å²) in [4.78, 5) is 22.4. The second-order valence-corrected chi connectivity index (χ2v) is 6.27. The van der Waals surface area contributed by atoms with E-state index in [1.54, 1.807) is 0 Å². The van der Waals surface area contributed by atoms with Crippen molar-refractivity contribution < 1.29 is 9.59 Å². The van der Waals surface area contributed by atoms with Crippen LogP contribution >= 0.6 is 23.1 Å². The van der Waals surface area contributed by atoms with Crippen molar-refractivity contribution in [2.45, 2.75) is 11.3 Å². The number of carbonyl (C=O) groups excluding carboxylic acids is 2. The minimum atomic E-state index is -0.429. The van der Waals surface area contributed by atoms with Crippen LogP contribution < -0.4 is 16.4 Å². The summed E-state index contributed by atoms with van der Waals surface area (Å²) in [5.74, 6) is -0.300. The van der Waals surface area contributed by atoms with Gasteiger partial charge in [0.2, 0.25) is 11.0 Å². The molecule has 110 valence electrons. The van der Waals surface area contributed by atoms with Crippen LogP contribution in [0.25, 0.3) is 0 Å². The molecule has 4 N–H and O–H groups in total. The lowest BCUT2D eigenvalue weighted by Crippen LogP contribution is -2.19. The largest absolute Gasteiger partial charge is 0.369 e. The van der Waals surface area contributed by atoms with Crippen LogP contribution in [-0.4, -0.2) is 27.9 Å². The number of benzene rings is 1. The van der Waals surface area contributed by atoms with Crippen LogP contribution in [0.2, 0.25) is 0 Å². The summed E-state index contributed by atoms with van der Waals surface area (Å²) in [6.07, 6.45) is 0. The van der Waals surface area contributed by atoms with Crippen molar-refractivity contribution in [3.63, 3.8) is 0 Å². The van der Waals surface area contributed by atoms with Gasteiger partial charge in [0.15, 0.2) is 4.34 Å². The smallest absolute Gasteiger partial charge is 0.325 e. The zero-order chi connectivity index (χ0) is 15.2. The van der Waals surface area contributed by atoms with Crippen LogP contribution in [0.15, 0.2) is 28.6 Å². The summed E-state index contributed by atoms with van der Waals surface area (Å²) in [5.41, 5.74) is 6.84. The van der Waals surface area contributed by atoms with E-state index in [2.05, 4.69) is 20.8 Å². The Balaban J connectivity index is 1.87. The molecule has 0 fully saturated rings. The number of nitrogens with one attached hydrogen (secondary N) is 2. The average molecular weight is 323 g/mol. The van der Waals surface area contributed by atoms with E-state index in [1.807, 2.05) is 31.2 Å². The number of aryl methyl sites for hydroxylation is 1. The molecular formula is C12H13N5O2S2. The number of thioether (sulfide) groups is 1. The zero-order valence-electron chi connectivity index (χ0n) is 11.1. The van der Waals surface area contributed by atoms with Crippen LogP contribution in [0.1, 0.15) is 5.56 Å². The molecular weight excluding hydrogens is 310 g/mol. The average Bonchev–Trinajstić information content (AvgIpc) is 2.86. The first-order valence-electron chi connectivity index (χ1n) is 5.92. The molecule has 9 heteroatoms. The Hall–Kier alpha value is -2.13. The second-order valence-electron chi connectivity index (χ2n) is 4.07. The Labute approximate surface area is 129 Å². The highest BCUT2D eigenvalue weighted by atomic mass is 32.2. The van der Waals surface area contributed by atoms with E-state index in [1.165, 1.54) is 23.1 Å². The minimum Gasteiger partial charge on any atom is -0.369 e. The van der Waals surface area contributed by atoms with Crippen molar-refractivity contribution in [2.24, 2.45) is 5.73 Å². The summed E-state index contributed by atoms with van der Waals surface area (Å²) in [6.45, 7) is 1.97. The summed E-state index contributed by atoms with van der Waals surface area (Å²) < 4.78 is 0.569. The maximum Gasteiger partial charge on any atom is 0.325 e. The molecule has 0 spiro atoms. The number of nitrogens with two attached hydrogens (primary N) is 1. The standard InChI is InChI=1S/C12H13N5O2S2/c1-7-2-4-8(5-3-7)14-10(19)15-11-16-17-12(21-11)20-6-9(13)18/h2-5H,6H2,1H3,(H2,13,18)(H2,14,15,16,19). The number of hydrogen-bond donors (Lipinski definition) is 3. The van der Waals surface area contributed by atoms with Gasteiger partial charge in [0.1, 0.15) is 0 Å². The molecule has 0 aliphatic carbocycles. The van der Waals surface area contributed by atoms with Crippen molar-refractivity contribution in [3.8, 4) is 0 Å². The molecule has 1 aromatic carbocycles. The van der Waals surface area contributed by atoms with E-state index >= 15 is 0 Å². The molecule has 0 bridgehead atoms. The summed E-state index contributed by atoms with van der Waals surface area (Å²) in [7, 11) is 0. The Morgan fingerprint density at radius 1 is 1.24 bits per heavy atom. The number of nitrogens with zero attached hydrogens (tertiary/aromatic N) is 2. The van der Waals surface area contributed by atoms with Crippen molar-refractivity contribution in [1.29, 1.82) is 0 Å². The van der Waals surface area contributed by atoms with Gasteiger partial charge in [-0.3, -0.25) is 10.1 Å². The summed E-state index contributed by atoms with van der Waals surface area (Å²) in [6, 6.07) is 7.02. The van der Waals surface area contributed by atoms with Gasteiger partial charge in [-0.1, -0.05) is 40.8 Å². The predicted molar refractivity (Wildman–Crippen MR) is 83.6 cm³/mol. The minimum absolute atomic E-state index is 0.129. The predicted octanol–water partition coefficient (Wildman–Crippen LogP) is 2.07. The van der Waals surface area contributed by atoms with E-state index in [0.29, 0.717) is 15.2 Å². The van der Waals surface area contributed by atoms with Gasteiger partial charge in [0.25, 0.3) is 0 Å². The van der Waals surface area contributed by atoms with Crippen molar-refractivity contribution in [3.05, 3.63) is 29.8 Å². The number of anilines is 2. The highest BCUT2D eigenvalue weighted by Gasteiger charge is 2.09. The third-order valence-corrected chi connectivity index (χ3v) is 4.27. The lowest BCUT2D eigenvalue weighted by molar-refractivity contribution is -0.115. The number of rotatable bonds is 5. The van der Waals surface area contributed by atoms with E-state index in [-0.39, 0.29) is 5.75 Å². The van der Waals surface area contributed by atoms with Gasteiger partial charge >= 0.3 is 6.03 Å². The Morgan fingerprint density at radius 3 is 2.62 bits per heavy atom. The number of urea groups is 1. The van der Waals surface area contributed by atoms with Crippen molar-refractivity contribution >= 4 is 45.9 Å². The zero-order valence-corrected chi connectivity index (χ0v) is 12.8. The summed E-state index contributed by atoms with van der Waals surface area (Å²) in [5, 5.41) is 13.3. The third kappa shape index (κ3) is 5.04. The van der Waals surface area contributed by atoms with E-state index in [9.17, 15) is 9.59 Å². The molecule has 0 unspecified atom stereocenters. The van der Waals surface area contributed by atoms with E-state index in [0.717, 1.165) is 5.56 Å². The first-order valence-corrected chi connectivity index (χ1v) is 7.72. The van der Waals surface area contributed by atoms with Crippen LogP contribution in [0, 0.1) is 6.92 Å².